The lowest BCUT2D eigenvalue weighted by molar-refractivity contribution is -0.384. The van der Waals surface area contributed by atoms with Crippen molar-refractivity contribution in [2.24, 2.45) is 0 Å². The van der Waals surface area contributed by atoms with E-state index in [1.165, 1.54) is 35.7 Å². The number of hydrogen-bond acceptors (Lipinski definition) is 8. The molecular weight excluding hydrogens is 496 g/mol. The van der Waals surface area contributed by atoms with Crippen molar-refractivity contribution in [1.29, 1.82) is 0 Å². The Kier molecular flexibility index (Phi) is 6.83. The lowest BCUT2D eigenvalue weighted by Crippen LogP contribution is -2.14. The molecule has 0 unspecified atom stereocenters. The number of rotatable bonds is 8. The van der Waals surface area contributed by atoms with Gasteiger partial charge < -0.3 is 9.88 Å². The van der Waals surface area contributed by atoms with Crippen LogP contribution in [0, 0.1) is 10.1 Å². The molecule has 1 amide bonds. The van der Waals surface area contributed by atoms with Gasteiger partial charge in [-0.05, 0) is 49.4 Å². The number of non-ortho nitro benzene ring substituents is 1. The summed E-state index contributed by atoms with van der Waals surface area (Å²) in [7, 11) is 0. The van der Waals surface area contributed by atoms with Gasteiger partial charge in [-0.2, -0.15) is 0 Å². The highest BCUT2D eigenvalue weighted by atomic mass is 32.2. The van der Waals surface area contributed by atoms with E-state index in [-0.39, 0.29) is 17.3 Å². The number of fused-ring (bicyclic) bond motifs is 3. The number of carbonyl (C=O) groups is 1. The first-order chi connectivity index (χ1) is 17.5. The van der Waals surface area contributed by atoms with Crippen molar-refractivity contribution >= 4 is 62.9 Å². The average molecular weight is 517 g/mol. The number of carbonyl (C=O) groups excluding carboxylic acids is 1. The summed E-state index contributed by atoms with van der Waals surface area (Å²) < 4.78 is 2.10. The van der Waals surface area contributed by atoms with Gasteiger partial charge in [0.1, 0.15) is 5.52 Å². The topological polar surface area (TPSA) is 116 Å². The quantitative estimate of drug-likeness (QED) is 0.157. The molecule has 180 valence electrons. The smallest absolute Gasteiger partial charge is 0.269 e. The Labute approximate surface area is 214 Å². The Morgan fingerprint density at radius 1 is 1.00 bits per heavy atom. The van der Waals surface area contributed by atoms with Gasteiger partial charge in [-0.3, -0.25) is 14.9 Å². The third kappa shape index (κ3) is 5.02. The van der Waals surface area contributed by atoms with Crippen LogP contribution in [0.4, 0.5) is 11.4 Å². The molecule has 5 rings (SSSR count). The summed E-state index contributed by atoms with van der Waals surface area (Å²) in [4.78, 5) is 29.4. The lowest BCUT2D eigenvalue weighted by Gasteiger charge is -2.07. The second kappa shape index (κ2) is 10.3. The zero-order chi connectivity index (χ0) is 25.1. The second-order valence-electron chi connectivity index (χ2n) is 7.74. The number of aryl methyl sites for hydroxylation is 1. The molecule has 36 heavy (non-hydrogen) atoms. The highest BCUT2D eigenvalue weighted by Gasteiger charge is 2.14. The Morgan fingerprint density at radius 2 is 1.69 bits per heavy atom. The average Bonchev–Trinajstić information content (AvgIpc) is 3.22. The largest absolute Gasteiger partial charge is 0.325 e. The normalized spacial score (nSPS) is 11.1. The van der Waals surface area contributed by atoms with Crippen LogP contribution in [-0.2, 0) is 11.3 Å². The van der Waals surface area contributed by atoms with Crippen LogP contribution in [0.1, 0.15) is 6.92 Å². The van der Waals surface area contributed by atoms with Crippen molar-refractivity contribution < 1.29 is 9.72 Å². The predicted molar refractivity (Wildman–Crippen MR) is 142 cm³/mol. The molecule has 0 radical (unpaired) electrons. The number of anilines is 1. The Bertz CT molecular complexity index is 1570. The van der Waals surface area contributed by atoms with Gasteiger partial charge in [0, 0.05) is 39.5 Å². The number of para-hydroxylation sites is 1. The first kappa shape index (κ1) is 23.8. The number of nitro benzene ring substituents is 1. The number of aromatic nitrogens is 4. The van der Waals surface area contributed by atoms with Crippen LogP contribution >= 0.6 is 23.5 Å². The number of nitrogens with one attached hydrogen (secondary N) is 1. The lowest BCUT2D eigenvalue weighted by atomic mass is 10.2. The molecule has 9 nitrogen and oxygen atoms in total. The molecule has 3 aromatic carbocycles. The number of thioether (sulfide) groups is 1. The van der Waals surface area contributed by atoms with Gasteiger partial charge >= 0.3 is 0 Å². The maximum atomic E-state index is 12.5. The molecule has 0 bridgehead atoms. The minimum atomic E-state index is -0.421. The van der Waals surface area contributed by atoms with Crippen molar-refractivity contribution in [3.63, 3.8) is 0 Å². The zero-order valence-corrected chi connectivity index (χ0v) is 20.8. The molecule has 0 aliphatic carbocycles. The van der Waals surface area contributed by atoms with E-state index in [4.69, 9.17) is 0 Å². The van der Waals surface area contributed by atoms with Crippen LogP contribution in [0.5, 0.6) is 0 Å². The number of nitro groups is 1. The summed E-state index contributed by atoms with van der Waals surface area (Å²) in [6, 6.07) is 21.8. The summed E-state index contributed by atoms with van der Waals surface area (Å²) in [6.45, 7) is 2.82. The summed E-state index contributed by atoms with van der Waals surface area (Å²) in [5, 5.41) is 23.7. The van der Waals surface area contributed by atoms with Crippen LogP contribution in [0.2, 0.25) is 0 Å². The van der Waals surface area contributed by atoms with Gasteiger partial charge in [0.25, 0.3) is 5.69 Å². The summed E-state index contributed by atoms with van der Waals surface area (Å²) in [5.41, 5.74) is 3.32. The van der Waals surface area contributed by atoms with E-state index in [1.54, 1.807) is 12.1 Å². The van der Waals surface area contributed by atoms with Crippen LogP contribution in [0.3, 0.4) is 0 Å². The molecule has 0 saturated carbocycles. The fourth-order valence-electron chi connectivity index (χ4n) is 3.78. The second-order valence-corrected chi connectivity index (χ2v) is 9.83. The first-order valence-electron chi connectivity index (χ1n) is 11.1. The third-order valence-electron chi connectivity index (χ3n) is 5.42. The summed E-state index contributed by atoms with van der Waals surface area (Å²) in [5.74, 6) is -0.0192. The highest BCUT2D eigenvalue weighted by molar-refractivity contribution is 7.99. The number of amides is 1. The van der Waals surface area contributed by atoms with Gasteiger partial charge in [-0.15, -0.1) is 10.2 Å². The molecule has 11 heteroatoms. The van der Waals surface area contributed by atoms with Crippen LogP contribution in [0.15, 0.2) is 87.7 Å². The minimum Gasteiger partial charge on any atom is -0.325 e. The molecule has 2 aromatic heterocycles. The van der Waals surface area contributed by atoms with Gasteiger partial charge in [0.05, 0.1) is 16.2 Å². The molecule has 0 saturated heterocycles. The maximum Gasteiger partial charge on any atom is 0.269 e. The van der Waals surface area contributed by atoms with Crippen molar-refractivity contribution in [2.75, 3.05) is 11.1 Å². The molecule has 0 fully saturated rings. The molecule has 1 N–H and O–H groups in total. The Morgan fingerprint density at radius 3 is 2.39 bits per heavy atom. The monoisotopic (exact) mass is 516 g/mol. The van der Waals surface area contributed by atoms with E-state index in [0.29, 0.717) is 10.8 Å². The number of benzene rings is 3. The van der Waals surface area contributed by atoms with E-state index in [9.17, 15) is 14.9 Å². The van der Waals surface area contributed by atoms with E-state index >= 15 is 0 Å². The predicted octanol–water partition coefficient (Wildman–Crippen LogP) is 5.79. The molecule has 0 aliphatic heterocycles. The SMILES string of the molecule is CCn1c2ccccc2c2nnc(SCC(=O)Nc3ccc(Sc4ccc([N+](=O)[O-])cc4)cc3)nc21. The number of nitrogens with zero attached hydrogens (tertiary/aromatic N) is 5. The molecule has 5 aromatic rings. The maximum absolute atomic E-state index is 12.5. The minimum absolute atomic E-state index is 0.0594. The van der Waals surface area contributed by atoms with Crippen molar-refractivity contribution in [3.05, 3.63) is 82.9 Å². The molecule has 0 atom stereocenters. The van der Waals surface area contributed by atoms with E-state index in [1.807, 2.05) is 48.5 Å². The highest BCUT2D eigenvalue weighted by Crippen LogP contribution is 2.30. The first-order valence-corrected chi connectivity index (χ1v) is 12.9. The fraction of sp³-hybridized carbons (Fsp3) is 0.120. The fourth-order valence-corrected chi connectivity index (χ4v) is 5.17. The standard InChI is InChI=1S/C25H20N6O3S2/c1-2-30-21-6-4-3-5-20(21)23-24(30)27-25(29-28-23)35-15-22(32)26-16-7-11-18(12-8-16)36-19-13-9-17(10-14-19)31(33)34/h3-14H,2,15H2,1H3,(H,26,32). The van der Waals surface area contributed by atoms with E-state index in [0.717, 1.165) is 38.4 Å². The van der Waals surface area contributed by atoms with Gasteiger partial charge in [0.15, 0.2) is 5.65 Å². The van der Waals surface area contributed by atoms with Crippen LogP contribution in [-0.4, -0.2) is 36.3 Å². The molecular formula is C25H20N6O3S2. The van der Waals surface area contributed by atoms with Crippen molar-refractivity contribution in [3.8, 4) is 0 Å². The summed E-state index contributed by atoms with van der Waals surface area (Å²) >= 11 is 2.72. The zero-order valence-electron chi connectivity index (χ0n) is 19.1. The Hall–Kier alpha value is -3.96. The van der Waals surface area contributed by atoms with Gasteiger partial charge in [-0.25, -0.2) is 4.98 Å². The third-order valence-corrected chi connectivity index (χ3v) is 7.28. The van der Waals surface area contributed by atoms with Crippen LogP contribution in [0.25, 0.3) is 22.1 Å². The van der Waals surface area contributed by atoms with E-state index < -0.39 is 4.92 Å². The summed E-state index contributed by atoms with van der Waals surface area (Å²) in [6.07, 6.45) is 0. The molecule has 2 heterocycles. The van der Waals surface area contributed by atoms with Crippen molar-refractivity contribution in [1.82, 2.24) is 19.7 Å². The van der Waals surface area contributed by atoms with Gasteiger partial charge in [0.2, 0.25) is 11.1 Å². The van der Waals surface area contributed by atoms with Crippen LogP contribution < -0.4 is 5.32 Å². The Balaban J connectivity index is 1.20. The van der Waals surface area contributed by atoms with Crippen molar-refractivity contribution in [2.45, 2.75) is 28.4 Å². The van der Waals surface area contributed by atoms with Gasteiger partial charge in [-0.1, -0.05) is 41.7 Å². The number of hydrogen-bond donors (Lipinski definition) is 1. The van der Waals surface area contributed by atoms with E-state index in [2.05, 4.69) is 32.0 Å². The molecule has 0 aliphatic rings. The molecule has 0 spiro atoms.